The van der Waals surface area contributed by atoms with Crippen LogP contribution in [0.15, 0.2) is 66.7 Å². The number of rotatable bonds is 6. The second-order valence-electron chi connectivity index (χ2n) is 6.52. The molecule has 0 radical (unpaired) electrons. The van der Waals surface area contributed by atoms with Crippen LogP contribution in [-0.4, -0.2) is 25.0 Å². The molecule has 0 aliphatic carbocycles. The van der Waals surface area contributed by atoms with Crippen LogP contribution in [0.2, 0.25) is 0 Å². The lowest BCUT2D eigenvalue weighted by atomic mass is 10.0. The number of carbonyl (C=O) groups is 2. The summed E-state index contributed by atoms with van der Waals surface area (Å²) < 4.78 is 4.83. The minimum absolute atomic E-state index is 0.163. The van der Waals surface area contributed by atoms with Gasteiger partial charge < -0.3 is 10.1 Å². The smallest absolute Gasteiger partial charge is 0.328 e. The molecule has 0 unspecified atom stereocenters. The van der Waals surface area contributed by atoms with Crippen LogP contribution in [0.1, 0.15) is 16.7 Å². The molecule has 28 heavy (non-hydrogen) atoms. The number of methoxy groups -OCH3 is 1. The molecule has 0 bridgehead atoms. The quantitative estimate of drug-likeness (QED) is 0.674. The van der Waals surface area contributed by atoms with Gasteiger partial charge in [0.05, 0.1) is 25.2 Å². The summed E-state index contributed by atoms with van der Waals surface area (Å²) in [7, 11) is 1.29. The molecule has 0 fully saturated rings. The Balaban J connectivity index is 1.71. The van der Waals surface area contributed by atoms with Crippen LogP contribution in [0, 0.1) is 11.3 Å². The molecule has 1 atom stereocenters. The maximum atomic E-state index is 12.5. The van der Waals surface area contributed by atoms with Crippen molar-refractivity contribution in [3.05, 3.63) is 83.4 Å². The Morgan fingerprint density at radius 3 is 2.54 bits per heavy atom. The topological polar surface area (TPSA) is 79.2 Å². The summed E-state index contributed by atoms with van der Waals surface area (Å²) >= 11 is 0. The first kappa shape index (κ1) is 19.1. The van der Waals surface area contributed by atoms with E-state index in [0.29, 0.717) is 5.56 Å². The summed E-state index contributed by atoms with van der Waals surface area (Å²) in [4.78, 5) is 24.7. The zero-order valence-corrected chi connectivity index (χ0v) is 15.5. The number of ether oxygens (including phenoxy) is 1. The summed E-state index contributed by atoms with van der Waals surface area (Å²) in [6, 6.07) is 22.0. The molecule has 1 N–H and O–H groups in total. The Morgan fingerprint density at radius 2 is 1.79 bits per heavy atom. The maximum absolute atomic E-state index is 12.5. The molecule has 3 rings (SSSR count). The van der Waals surface area contributed by atoms with E-state index < -0.39 is 12.0 Å². The molecule has 1 amide bonds. The van der Waals surface area contributed by atoms with Crippen molar-refractivity contribution in [2.75, 3.05) is 7.11 Å². The highest BCUT2D eigenvalue weighted by Gasteiger charge is 2.22. The first-order valence-electron chi connectivity index (χ1n) is 8.93. The van der Waals surface area contributed by atoms with Crippen LogP contribution in [0.25, 0.3) is 10.8 Å². The van der Waals surface area contributed by atoms with Crippen LogP contribution < -0.4 is 5.32 Å². The van der Waals surface area contributed by atoms with Crippen molar-refractivity contribution in [2.24, 2.45) is 0 Å². The van der Waals surface area contributed by atoms with Crippen molar-refractivity contribution in [1.29, 1.82) is 5.26 Å². The second kappa shape index (κ2) is 8.83. The second-order valence-corrected chi connectivity index (χ2v) is 6.52. The number of hydrogen-bond acceptors (Lipinski definition) is 4. The van der Waals surface area contributed by atoms with E-state index in [2.05, 4.69) is 11.4 Å². The van der Waals surface area contributed by atoms with Gasteiger partial charge in [0.15, 0.2) is 0 Å². The van der Waals surface area contributed by atoms with Gasteiger partial charge in [-0.3, -0.25) is 4.79 Å². The van der Waals surface area contributed by atoms with Crippen molar-refractivity contribution in [1.82, 2.24) is 5.32 Å². The van der Waals surface area contributed by atoms with E-state index in [-0.39, 0.29) is 18.7 Å². The lowest BCUT2D eigenvalue weighted by Crippen LogP contribution is -2.43. The van der Waals surface area contributed by atoms with Gasteiger partial charge in [0.1, 0.15) is 6.04 Å². The lowest BCUT2D eigenvalue weighted by molar-refractivity contribution is -0.145. The predicted octanol–water partition coefficient (Wildman–Crippen LogP) is 3.15. The normalized spacial score (nSPS) is 11.4. The number of nitriles is 1. The fraction of sp³-hybridized carbons (Fsp3) is 0.174. The Hall–Kier alpha value is -3.65. The summed E-state index contributed by atoms with van der Waals surface area (Å²) in [5, 5.41) is 13.9. The molecule has 0 spiro atoms. The van der Waals surface area contributed by atoms with Crippen molar-refractivity contribution in [2.45, 2.75) is 18.9 Å². The summed E-state index contributed by atoms with van der Waals surface area (Å²) in [6.45, 7) is 0. The van der Waals surface area contributed by atoms with Crippen LogP contribution >= 0.6 is 0 Å². The van der Waals surface area contributed by atoms with Gasteiger partial charge in [0.2, 0.25) is 5.91 Å². The van der Waals surface area contributed by atoms with Crippen LogP contribution in [0.3, 0.4) is 0 Å². The third kappa shape index (κ3) is 4.74. The SMILES string of the molecule is COC(=O)[C@H](Cc1cccc(C#N)c1)NC(=O)Cc1ccc2ccccc2c1. The number of hydrogen-bond donors (Lipinski definition) is 1. The van der Waals surface area contributed by atoms with Crippen molar-refractivity contribution in [3.8, 4) is 6.07 Å². The minimum atomic E-state index is -0.813. The number of benzene rings is 3. The Kier molecular flexibility index (Phi) is 6.03. The van der Waals surface area contributed by atoms with Gasteiger partial charge in [-0.05, 0) is 34.0 Å². The lowest BCUT2D eigenvalue weighted by Gasteiger charge is -2.17. The summed E-state index contributed by atoms with van der Waals surface area (Å²) in [5.74, 6) is -0.781. The Bertz CT molecular complexity index is 1050. The van der Waals surface area contributed by atoms with E-state index >= 15 is 0 Å². The molecule has 3 aromatic carbocycles. The van der Waals surface area contributed by atoms with Gasteiger partial charge >= 0.3 is 5.97 Å². The van der Waals surface area contributed by atoms with Gasteiger partial charge in [-0.25, -0.2) is 4.79 Å². The largest absolute Gasteiger partial charge is 0.467 e. The van der Waals surface area contributed by atoms with Crippen LogP contribution in [0.4, 0.5) is 0 Å². The molecule has 5 nitrogen and oxygen atoms in total. The average Bonchev–Trinajstić information content (AvgIpc) is 2.72. The first-order valence-corrected chi connectivity index (χ1v) is 8.93. The van der Waals surface area contributed by atoms with Crippen molar-refractivity contribution in [3.63, 3.8) is 0 Å². The standard InChI is InChI=1S/C23H20N2O3/c1-28-23(27)21(13-16-5-4-6-18(11-16)15-24)25-22(26)14-17-9-10-19-7-2-3-8-20(19)12-17/h2-12,21H,13-14H2,1H3,(H,25,26)/t21-/m0/s1. The highest BCUT2D eigenvalue weighted by atomic mass is 16.5. The fourth-order valence-corrected chi connectivity index (χ4v) is 3.12. The molecule has 0 aliphatic heterocycles. The van der Waals surface area contributed by atoms with E-state index in [0.717, 1.165) is 21.9 Å². The zero-order valence-electron chi connectivity index (χ0n) is 15.5. The van der Waals surface area contributed by atoms with E-state index in [4.69, 9.17) is 10.00 Å². The van der Waals surface area contributed by atoms with Gasteiger partial charge in [-0.15, -0.1) is 0 Å². The number of nitrogens with zero attached hydrogens (tertiary/aromatic N) is 1. The number of esters is 1. The molecule has 0 saturated heterocycles. The molecule has 0 saturated carbocycles. The average molecular weight is 372 g/mol. The molecule has 5 heteroatoms. The third-order valence-corrected chi connectivity index (χ3v) is 4.50. The molecule has 0 heterocycles. The summed E-state index contributed by atoms with van der Waals surface area (Å²) in [6.07, 6.45) is 0.419. The van der Waals surface area contributed by atoms with E-state index in [1.807, 2.05) is 48.5 Å². The number of nitrogens with one attached hydrogen (secondary N) is 1. The van der Waals surface area contributed by atoms with Crippen molar-refractivity contribution < 1.29 is 14.3 Å². The fourth-order valence-electron chi connectivity index (χ4n) is 3.12. The van der Waals surface area contributed by atoms with Crippen LogP contribution in [0.5, 0.6) is 0 Å². The van der Waals surface area contributed by atoms with Crippen LogP contribution in [-0.2, 0) is 27.2 Å². The highest BCUT2D eigenvalue weighted by Crippen LogP contribution is 2.16. The maximum Gasteiger partial charge on any atom is 0.328 e. The molecule has 140 valence electrons. The van der Waals surface area contributed by atoms with Gasteiger partial charge in [0.25, 0.3) is 0 Å². The number of fused-ring (bicyclic) bond motifs is 1. The Labute approximate surface area is 163 Å². The van der Waals surface area contributed by atoms with E-state index in [1.165, 1.54) is 7.11 Å². The van der Waals surface area contributed by atoms with Gasteiger partial charge in [0, 0.05) is 6.42 Å². The molecule has 0 aromatic heterocycles. The zero-order chi connectivity index (χ0) is 19.9. The molecular weight excluding hydrogens is 352 g/mol. The third-order valence-electron chi connectivity index (χ3n) is 4.50. The van der Waals surface area contributed by atoms with Gasteiger partial charge in [-0.1, -0.05) is 54.6 Å². The number of carbonyl (C=O) groups excluding carboxylic acids is 2. The van der Waals surface area contributed by atoms with E-state index in [9.17, 15) is 9.59 Å². The highest BCUT2D eigenvalue weighted by molar-refractivity contribution is 5.88. The molecular formula is C23H20N2O3. The molecule has 3 aromatic rings. The molecule has 0 aliphatic rings. The monoisotopic (exact) mass is 372 g/mol. The number of amides is 1. The minimum Gasteiger partial charge on any atom is -0.467 e. The van der Waals surface area contributed by atoms with Gasteiger partial charge in [-0.2, -0.15) is 5.26 Å². The van der Waals surface area contributed by atoms with E-state index in [1.54, 1.807) is 18.2 Å². The Morgan fingerprint density at radius 1 is 1.00 bits per heavy atom. The summed E-state index contributed by atoms with van der Waals surface area (Å²) in [5.41, 5.74) is 2.15. The van der Waals surface area contributed by atoms with Crippen molar-refractivity contribution >= 4 is 22.6 Å². The predicted molar refractivity (Wildman–Crippen MR) is 106 cm³/mol. The first-order chi connectivity index (χ1) is 13.6.